The number of thioether (sulfide) groups is 2. The number of aliphatic hydroxyl groups is 1. The standard InChI is InChI=1S/C15H17NO6S2/c1-4-6-15-10(8(2)17)12(19)16(15)11(13(20)21)14(24-15)23-7-5-9(18)22-3/h4-5,7-8,10,17H,1,6H2,2-3H3,(H,20,21)/t8-,10+,15-/m1/s1. The number of fused-ring (bicyclic) bond motifs is 1. The maximum absolute atomic E-state index is 12.4. The van der Waals surface area contributed by atoms with Gasteiger partial charge in [0.1, 0.15) is 4.87 Å². The molecule has 2 aliphatic heterocycles. The van der Waals surface area contributed by atoms with Crippen LogP contribution in [0, 0.1) is 5.92 Å². The van der Waals surface area contributed by atoms with E-state index >= 15 is 0 Å². The highest BCUT2D eigenvalue weighted by Gasteiger charge is 2.67. The number of nitrogens with zero attached hydrogens (tertiary/aromatic N) is 1. The Balaban J connectivity index is 2.36. The third kappa shape index (κ3) is 2.87. The third-order valence-electron chi connectivity index (χ3n) is 3.74. The number of esters is 1. The Kier molecular flexibility index (Phi) is 5.46. The van der Waals surface area contributed by atoms with E-state index in [9.17, 15) is 24.6 Å². The number of carbonyl (C=O) groups excluding carboxylic acids is 2. The van der Waals surface area contributed by atoms with E-state index in [4.69, 9.17) is 0 Å². The number of hydrogen-bond donors (Lipinski definition) is 2. The molecule has 0 unspecified atom stereocenters. The molecular weight excluding hydrogens is 354 g/mol. The largest absolute Gasteiger partial charge is 0.477 e. The van der Waals surface area contributed by atoms with Crippen LogP contribution >= 0.6 is 23.5 Å². The molecule has 3 atom stereocenters. The van der Waals surface area contributed by atoms with Crippen molar-refractivity contribution in [3.05, 3.63) is 34.1 Å². The minimum atomic E-state index is -1.24. The van der Waals surface area contributed by atoms with Crippen molar-refractivity contribution in [2.45, 2.75) is 24.3 Å². The number of carboxylic acids is 1. The van der Waals surface area contributed by atoms with Gasteiger partial charge in [0.25, 0.3) is 0 Å². The molecule has 1 fully saturated rings. The number of rotatable bonds is 7. The molecule has 0 bridgehead atoms. The van der Waals surface area contributed by atoms with E-state index < -0.39 is 34.7 Å². The Morgan fingerprint density at radius 2 is 2.25 bits per heavy atom. The predicted molar refractivity (Wildman–Crippen MR) is 90.6 cm³/mol. The lowest BCUT2D eigenvalue weighted by atomic mass is 9.80. The summed E-state index contributed by atoms with van der Waals surface area (Å²) in [7, 11) is 1.24. The van der Waals surface area contributed by atoms with Gasteiger partial charge < -0.3 is 14.9 Å². The van der Waals surface area contributed by atoms with E-state index in [2.05, 4.69) is 11.3 Å². The fourth-order valence-electron chi connectivity index (χ4n) is 2.83. The lowest BCUT2D eigenvalue weighted by molar-refractivity contribution is -0.166. The quantitative estimate of drug-likeness (QED) is 0.300. The number of hydrogen-bond acceptors (Lipinski definition) is 7. The molecule has 2 rings (SSSR count). The molecule has 0 saturated carbocycles. The van der Waals surface area contributed by atoms with Gasteiger partial charge in [-0.2, -0.15) is 0 Å². The second-order valence-corrected chi connectivity index (χ2v) is 7.71. The predicted octanol–water partition coefficient (Wildman–Crippen LogP) is 1.52. The summed E-state index contributed by atoms with van der Waals surface area (Å²) in [6, 6.07) is 0. The molecule has 24 heavy (non-hydrogen) atoms. The summed E-state index contributed by atoms with van der Waals surface area (Å²) in [5, 5.41) is 20.8. The molecule has 2 aliphatic rings. The number of ether oxygens (including phenoxy) is 1. The zero-order valence-corrected chi connectivity index (χ0v) is 14.7. The summed E-state index contributed by atoms with van der Waals surface area (Å²) >= 11 is 2.22. The highest BCUT2D eigenvalue weighted by atomic mass is 32.2. The van der Waals surface area contributed by atoms with Crippen molar-refractivity contribution in [3.63, 3.8) is 0 Å². The Hall–Kier alpha value is -1.71. The zero-order valence-electron chi connectivity index (χ0n) is 13.1. The Labute approximate surface area is 147 Å². The number of methoxy groups -OCH3 is 1. The van der Waals surface area contributed by atoms with Crippen molar-refractivity contribution in [1.82, 2.24) is 4.90 Å². The zero-order chi connectivity index (χ0) is 18.1. The Morgan fingerprint density at radius 3 is 2.75 bits per heavy atom. The molecule has 0 aromatic heterocycles. The topological polar surface area (TPSA) is 104 Å². The van der Waals surface area contributed by atoms with Gasteiger partial charge in [0.2, 0.25) is 5.91 Å². The molecule has 9 heteroatoms. The molecule has 0 spiro atoms. The summed E-state index contributed by atoms with van der Waals surface area (Å²) in [6.45, 7) is 5.18. The number of amides is 1. The monoisotopic (exact) mass is 371 g/mol. The molecule has 1 saturated heterocycles. The number of carbonyl (C=O) groups is 3. The van der Waals surface area contributed by atoms with Crippen LogP contribution in [0.3, 0.4) is 0 Å². The molecule has 1 amide bonds. The average molecular weight is 371 g/mol. The first kappa shape index (κ1) is 18.6. The fourth-order valence-corrected chi connectivity index (χ4v) is 5.71. The van der Waals surface area contributed by atoms with Gasteiger partial charge >= 0.3 is 11.9 Å². The van der Waals surface area contributed by atoms with Crippen molar-refractivity contribution in [2.24, 2.45) is 5.92 Å². The summed E-state index contributed by atoms with van der Waals surface area (Å²) < 4.78 is 4.85. The molecular formula is C15H17NO6S2. The van der Waals surface area contributed by atoms with Crippen molar-refractivity contribution < 1.29 is 29.3 Å². The average Bonchev–Trinajstić information content (AvgIpc) is 2.77. The second kappa shape index (κ2) is 7.04. The second-order valence-electron chi connectivity index (χ2n) is 5.22. The number of β-lactam (4-membered cyclic amide) rings is 1. The summed E-state index contributed by atoms with van der Waals surface area (Å²) in [4.78, 5) is 35.5. The van der Waals surface area contributed by atoms with Gasteiger partial charge in [-0.3, -0.25) is 9.69 Å². The van der Waals surface area contributed by atoms with Crippen LogP contribution in [0.1, 0.15) is 13.3 Å². The number of aliphatic hydroxyl groups excluding tert-OH is 1. The first-order valence-electron chi connectivity index (χ1n) is 7.01. The summed E-state index contributed by atoms with van der Waals surface area (Å²) in [6.07, 6.45) is 2.19. The lowest BCUT2D eigenvalue weighted by Gasteiger charge is -2.53. The summed E-state index contributed by atoms with van der Waals surface area (Å²) in [5.41, 5.74) is -0.136. The van der Waals surface area contributed by atoms with Crippen molar-refractivity contribution in [3.8, 4) is 0 Å². The SMILES string of the molecule is C=CC[C@]12SC(SC=CC(=O)OC)=C(C(=O)O)N1C(=O)[C@@H]2[C@@H](C)O. The minimum Gasteiger partial charge on any atom is -0.477 e. The number of carboxylic acid groups (broad SMARTS) is 1. The van der Waals surface area contributed by atoms with Crippen LogP contribution in [0.5, 0.6) is 0 Å². The highest BCUT2D eigenvalue weighted by Crippen LogP contribution is 2.63. The smallest absolute Gasteiger partial charge is 0.354 e. The van der Waals surface area contributed by atoms with Gasteiger partial charge in [-0.05, 0) is 18.8 Å². The normalized spacial score (nSPS) is 27.0. The van der Waals surface area contributed by atoms with Gasteiger partial charge in [0, 0.05) is 6.08 Å². The Bertz CT molecular complexity index is 656. The fraction of sp³-hybridized carbons (Fsp3) is 0.400. The van der Waals surface area contributed by atoms with Crippen molar-refractivity contribution in [1.29, 1.82) is 0 Å². The lowest BCUT2D eigenvalue weighted by Crippen LogP contribution is -2.69. The van der Waals surface area contributed by atoms with Crippen LogP contribution in [0.2, 0.25) is 0 Å². The molecule has 0 radical (unpaired) electrons. The van der Waals surface area contributed by atoms with E-state index in [1.807, 2.05) is 0 Å². The van der Waals surface area contributed by atoms with E-state index in [1.165, 1.54) is 42.2 Å². The van der Waals surface area contributed by atoms with Crippen LogP contribution in [0.15, 0.2) is 34.1 Å². The maximum Gasteiger partial charge on any atom is 0.354 e. The number of aliphatic carboxylic acids is 1. The third-order valence-corrected chi connectivity index (χ3v) is 6.29. The molecule has 0 aromatic carbocycles. The minimum absolute atomic E-state index is 0.136. The molecule has 2 heterocycles. The Morgan fingerprint density at radius 1 is 1.58 bits per heavy atom. The van der Waals surface area contributed by atoms with Crippen molar-refractivity contribution in [2.75, 3.05) is 7.11 Å². The van der Waals surface area contributed by atoms with Crippen LogP contribution in [0.25, 0.3) is 0 Å². The van der Waals surface area contributed by atoms with Gasteiger partial charge in [-0.1, -0.05) is 29.6 Å². The maximum atomic E-state index is 12.4. The van der Waals surface area contributed by atoms with E-state index in [-0.39, 0.29) is 5.70 Å². The van der Waals surface area contributed by atoms with Gasteiger partial charge in [-0.15, -0.1) is 6.58 Å². The van der Waals surface area contributed by atoms with E-state index in [0.717, 1.165) is 11.8 Å². The van der Waals surface area contributed by atoms with Crippen LogP contribution in [-0.2, 0) is 19.1 Å². The molecule has 0 aliphatic carbocycles. The first-order chi connectivity index (χ1) is 11.3. The van der Waals surface area contributed by atoms with Crippen LogP contribution < -0.4 is 0 Å². The molecule has 130 valence electrons. The van der Waals surface area contributed by atoms with Gasteiger partial charge in [-0.25, -0.2) is 9.59 Å². The van der Waals surface area contributed by atoms with Crippen LogP contribution in [0.4, 0.5) is 0 Å². The van der Waals surface area contributed by atoms with Gasteiger partial charge in [0.05, 0.1) is 23.4 Å². The first-order valence-corrected chi connectivity index (χ1v) is 8.70. The molecule has 2 N–H and O–H groups in total. The van der Waals surface area contributed by atoms with Crippen LogP contribution in [-0.4, -0.2) is 51.0 Å². The highest BCUT2D eigenvalue weighted by molar-refractivity contribution is 8.24. The van der Waals surface area contributed by atoms with Crippen molar-refractivity contribution >= 4 is 41.4 Å². The van der Waals surface area contributed by atoms with Gasteiger partial charge in [0.15, 0.2) is 5.70 Å². The summed E-state index contributed by atoms with van der Waals surface area (Å²) in [5.74, 6) is -2.94. The van der Waals surface area contributed by atoms with E-state index in [1.54, 1.807) is 6.08 Å². The molecule has 0 aromatic rings. The van der Waals surface area contributed by atoms with E-state index in [0.29, 0.717) is 10.7 Å². The molecule has 7 nitrogen and oxygen atoms in total.